The monoisotopic (exact) mass is 273 g/mol. The molecule has 1 aliphatic rings. The standard InChI is InChI=1S/C19H31N/c1-5-9-15-10-7-11-16(14-15)18(20-6-2)17-12-8-13-19(17,3)4/h7,10-11,14,17-18,20H,5-6,8-9,12-13H2,1-4H3. The minimum Gasteiger partial charge on any atom is -0.310 e. The van der Waals surface area contributed by atoms with Gasteiger partial charge in [-0.3, -0.25) is 0 Å². The van der Waals surface area contributed by atoms with Crippen LogP contribution in [0.4, 0.5) is 0 Å². The molecule has 0 amide bonds. The topological polar surface area (TPSA) is 12.0 Å². The minimum atomic E-state index is 0.466. The number of hydrogen-bond acceptors (Lipinski definition) is 1. The molecule has 2 rings (SSSR count). The molecule has 1 N–H and O–H groups in total. The second kappa shape index (κ2) is 6.76. The van der Waals surface area contributed by atoms with Crippen molar-refractivity contribution >= 4 is 0 Å². The molecule has 2 unspecified atom stereocenters. The van der Waals surface area contributed by atoms with Gasteiger partial charge in [-0.25, -0.2) is 0 Å². The van der Waals surface area contributed by atoms with E-state index < -0.39 is 0 Å². The molecule has 1 aromatic carbocycles. The van der Waals surface area contributed by atoms with E-state index in [1.807, 2.05) is 0 Å². The Labute approximate surface area is 125 Å². The van der Waals surface area contributed by atoms with Crippen LogP contribution in [0.5, 0.6) is 0 Å². The maximum absolute atomic E-state index is 3.77. The predicted octanol–water partition coefficient (Wildman–Crippen LogP) is 5.12. The zero-order chi connectivity index (χ0) is 14.6. The number of aryl methyl sites for hydroxylation is 1. The Morgan fingerprint density at radius 1 is 1.30 bits per heavy atom. The summed E-state index contributed by atoms with van der Waals surface area (Å²) in [7, 11) is 0. The molecule has 0 spiro atoms. The molecule has 0 radical (unpaired) electrons. The van der Waals surface area contributed by atoms with Crippen molar-refractivity contribution in [3.05, 3.63) is 35.4 Å². The van der Waals surface area contributed by atoms with Crippen molar-refractivity contribution in [2.45, 2.75) is 65.8 Å². The molecular formula is C19H31N. The maximum atomic E-state index is 3.77. The third-order valence-electron chi connectivity index (χ3n) is 5.02. The molecule has 1 aromatic rings. The largest absolute Gasteiger partial charge is 0.310 e. The first-order chi connectivity index (χ1) is 9.58. The molecule has 0 bridgehead atoms. The van der Waals surface area contributed by atoms with E-state index in [2.05, 4.69) is 57.3 Å². The molecular weight excluding hydrogens is 242 g/mol. The fourth-order valence-electron chi connectivity index (χ4n) is 3.91. The molecule has 0 saturated heterocycles. The highest BCUT2D eigenvalue weighted by Crippen LogP contribution is 2.48. The second-order valence-electron chi connectivity index (χ2n) is 7.02. The van der Waals surface area contributed by atoms with Gasteiger partial charge in [0.15, 0.2) is 0 Å². The SMILES string of the molecule is CCCc1cccc(C(NCC)C2CCCC2(C)C)c1. The lowest BCUT2D eigenvalue weighted by Gasteiger charge is -2.35. The Bertz CT molecular complexity index is 422. The summed E-state index contributed by atoms with van der Waals surface area (Å²) < 4.78 is 0. The fraction of sp³-hybridized carbons (Fsp3) is 0.684. The lowest BCUT2D eigenvalue weighted by molar-refractivity contribution is 0.199. The number of benzene rings is 1. The van der Waals surface area contributed by atoms with Crippen LogP contribution in [0.25, 0.3) is 0 Å². The molecule has 1 fully saturated rings. The molecule has 1 saturated carbocycles. The van der Waals surface area contributed by atoms with Gasteiger partial charge in [-0.1, -0.05) is 64.8 Å². The quantitative estimate of drug-likeness (QED) is 0.759. The highest BCUT2D eigenvalue weighted by Gasteiger charge is 2.39. The van der Waals surface area contributed by atoms with E-state index in [9.17, 15) is 0 Å². The van der Waals surface area contributed by atoms with Gasteiger partial charge in [-0.05, 0) is 48.3 Å². The van der Waals surface area contributed by atoms with E-state index in [-0.39, 0.29) is 0 Å². The first-order valence-corrected chi connectivity index (χ1v) is 8.40. The van der Waals surface area contributed by atoms with E-state index in [0.29, 0.717) is 11.5 Å². The lowest BCUT2D eigenvalue weighted by Crippen LogP contribution is -2.34. The van der Waals surface area contributed by atoms with Crippen molar-refractivity contribution in [3.63, 3.8) is 0 Å². The fourth-order valence-corrected chi connectivity index (χ4v) is 3.91. The normalized spacial score (nSPS) is 22.9. The number of rotatable bonds is 6. The van der Waals surface area contributed by atoms with Crippen LogP contribution in [0, 0.1) is 11.3 Å². The van der Waals surface area contributed by atoms with Crippen LogP contribution in [0.2, 0.25) is 0 Å². The average molecular weight is 273 g/mol. The first kappa shape index (κ1) is 15.6. The summed E-state index contributed by atoms with van der Waals surface area (Å²) in [6.07, 6.45) is 6.54. The van der Waals surface area contributed by atoms with Crippen LogP contribution in [0.15, 0.2) is 24.3 Å². The van der Waals surface area contributed by atoms with Gasteiger partial charge in [0.2, 0.25) is 0 Å². The Hall–Kier alpha value is -0.820. The van der Waals surface area contributed by atoms with Crippen molar-refractivity contribution in [1.82, 2.24) is 5.32 Å². The van der Waals surface area contributed by atoms with E-state index in [4.69, 9.17) is 0 Å². The van der Waals surface area contributed by atoms with Crippen molar-refractivity contribution in [3.8, 4) is 0 Å². The summed E-state index contributed by atoms with van der Waals surface area (Å²) in [6.45, 7) is 10.4. The number of hydrogen-bond donors (Lipinski definition) is 1. The van der Waals surface area contributed by atoms with Crippen LogP contribution in [0.1, 0.15) is 70.5 Å². The number of nitrogens with one attached hydrogen (secondary N) is 1. The van der Waals surface area contributed by atoms with E-state index in [0.717, 1.165) is 12.5 Å². The molecule has 0 heterocycles. The molecule has 112 valence electrons. The van der Waals surface area contributed by atoms with Crippen molar-refractivity contribution in [2.75, 3.05) is 6.54 Å². The zero-order valence-corrected chi connectivity index (χ0v) is 13.7. The van der Waals surface area contributed by atoms with Crippen LogP contribution < -0.4 is 5.32 Å². The van der Waals surface area contributed by atoms with Gasteiger partial charge < -0.3 is 5.32 Å². The molecule has 1 heteroatoms. The van der Waals surface area contributed by atoms with Gasteiger partial charge in [0.25, 0.3) is 0 Å². The van der Waals surface area contributed by atoms with Crippen molar-refractivity contribution < 1.29 is 0 Å². The molecule has 2 atom stereocenters. The molecule has 0 aromatic heterocycles. The Morgan fingerprint density at radius 3 is 2.70 bits per heavy atom. The lowest BCUT2D eigenvalue weighted by atomic mass is 9.75. The van der Waals surface area contributed by atoms with Crippen molar-refractivity contribution in [1.29, 1.82) is 0 Å². The Morgan fingerprint density at radius 2 is 2.10 bits per heavy atom. The van der Waals surface area contributed by atoms with Gasteiger partial charge in [0.05, 0.1) is 0 Å². The van der Waals surface area contributed by atoms with Crippen LogP contribution in [-0.4, -0.2) is 6.54 Å². The molecule has 1 aliphatic carbocycles. The van der Waals surface area contributed by atoms with Crippen LogP contribution in [0.3, 0.4) is 0 Å². The smallest absolute Gasteiger partial charge is 0.0353 e. The van der Waals surface area contributed by atoms with Gasteiger partial charge in [-0.15, -0.1) is 0 Å². The average Bonchev–Trinajstić information content (AvgIpc) is 2.76. The van der Waals surface area contributed by atoms with Crippen molar-refractivity contribution in [2.24, 2.45) is 11.3 Å². The summed E-state index contributed by atoms with van der Waals surface area (Å²) in [4.78, 5) is 0. The van der Waals surface area contributed by atoms with E-state index >= 15 is 0 Å². The molecule has 0 aliphatic heterocycles. The minimum absolute atomic E-state index is 0.466. The predicted molar refractivity (Wildman–Crippen MR) is 88.0 cm³/mol. The maximum Gasteiger partial charge on any atom is 0.0353 e. The zero-order valence-electron chi connectivity index (χ0n) is 13.7. The van der Waals surface area contributed by atoms with Gasteiger partial charge in [0, 0.05) is 6.04 Å². The molecule has 1 nitrogen and oxygen atoms in total. The summed E-state index contributed by atoms with van der Waals surface area (Å²) in [5.74, 6) is 0.763. The van der Waals surface area contributed by atoms with Gasteiger partial charge >= 0.3 is 0 Å². The summed E-state index contributed by atoms with van der Waals surface area (Å²) >= 11 is 0. The van der Waals surface area contributed by atoms with Crippen LogP contribution in [-0.2, 0) is 6.42 Å². The summed E-state index contributed by atoms with van der Waals surface area (Å²) in [5, 5.41) is 3.77. The second-order valence-corrected chi connectivity index (χ2v) is 7.02. The summed E-state index contributed by atoms with van der Waals surface area (Å²) in [6, 6.07) is 9.79. The Balaban J connectivity index is 2.26. The van der Waals surface area contributed by atoms with Gasteiger partial charge in [-0.2, -0.15) is 0 Å². The van der Waals surface area contributed by atoms with E-state index in [1.165, 1.54) is 43.2 Å². The first-order valence-electron chi connectivity index (χ1n) is 8.40. The van der Waals surface area contributed by atoms with Crippen LogP contribution >= 0.6 is 0 Å². The van der Waals surface area contributed by atoms with Gasteiger partial charge in [0.1, 0.15) is 0 Å². The molecule has 20 heavy (non-hydrogen) atoms. The highest BCUT2D eigenvalue weighted by molar-refractivity contribution is 5.27. The van der Waals surface area contributed by atoms with E-state index in [1.54, 1.807) is 0 Å². The Kier molecular flexibility index (Phi) is 5.26. The summed E-state index contributed by atoms with van der Waals surface area (Å²) in [5.41, 5.74) is 3.45. The third-order valence-corrected chi connectivity index (χ3v) is 5.02. The highest BCUT2D eigenvalue weighted by atomic mass is 14.9. The third kappa shape index (κ3) is 3.44.